The molecule has 3 aromatic rings. The zero-order chi connectivity index (χ0) is 18.6. The van der Waals surface area contributed by atoms with E-state index in [-0.39, 0.29) is 12.5 Å². The van der Waals surface area contributed by atoms with Crippen molar-refractivity contribution in [1.29, 1.82) is 0 Å². The lowest BCUT2D eigenvalue weighted by Gasteiger charge is -2.10. The summed E-state index contributed by atoms with van der Waals surface area (Å²) in [5.74, 6) is 0.372. The fraction of sp³-hybridized carbons (Fsp3) is 0.118. The Morgan fingerprint density at radius 1 is 1.12 bits per heavy atom. The number of nitrogens with one attached hydrogen (secondary N) is 2. The molecule has 0 atom stereocenters. The summed E-state index contributed by atoms with van der Waals surface area (Å²) in [6, 6.07) is 11.6. The number of sulfonamides is 1. The van der Waals surface area contributed by atoms with Gasteiger partial charge in [0.05, 0.1) is 6.26 Å². The molecule has 134 valence electrons. The van der Waals surface area contributed by atoms with Crippen molar-refractivity contribution in [3.63, 3.8) is 0 Å². The zero-order valence-corrected chi connectivity index (χ0v) is 14.8. The second-order valence-corrected chi connectivity index (χ2v) is 7.32. The number of amides is 1. The van der Waals surface area contributed by atoms with E-state index < -0.39 is 10.0 Å². The molecule has 0 aliphatic carbocycles. The quantitative estimate of drug-likeness (QED) is 0.684. The largest absolute Gasteiger partial charge is 0.348 e. The molecule has 0 saturated carbocycles. The maximum absolute atomic E-state index is 12.3. The van der Waals surface area contributed by atoms with Crippen LogP contribution in [0.4, 0.5) is 5.69 Å². The van der Waals surface area contributed by atoms with Gasteiger partial charge in [0.2, 0.25) is 10.0 Å². The van der Waals surface area contributed by atoms with E-state index in [0.29, 0.717) is 17.1 Å². The Kier molecular flexibility index (Phi) is 4.99. The first-order valence-corrected chi connectivity index (χ1v) is 9.61. The van der Waals surface area contributed by atoms with Crippen LogP contribution < -0.4 is 10.0 Å². The molecule has 0 spiro atoms. The average molecular weight is 371 g/mol. The lowest BCUT2D eigenvalue weighted by Crippen LogP contribution is -2.23. The third-order valence-corrected chi connectivity index (χ3v) is 4.09. The summed E-state index contributed by atoms with van der Waals surface area (Å²) in [7, 11) is -3.35. The number of hydrogen-bond acceptors (Lipinski definition) is 5. The van der Waals surface area contributed by atoms with Gasteiger partial charge in [0.1, 0.15) is 0 Å². The summed E-state index contributed by atoms with van der Waals surface area (Å²) in [6.45, 7) is 0.283. The Hall–Kier alpha value is -3.20. The predicted molar refractivity (Wildman–Crippen MR) is 97.4 cm³/mol. The Morgan fingerprint density at radius 2 is 1.88 bits per heavy atom. The Morgan fingerprint density at radius 3 is 2.54 bits per heavy atom. The molecule has 9 heteroatoms. The van der Waals surface area contributed by atoms with Gasteiger partial charge in [-0.25, -0.2) is 18.1 Å². The molecule has 1 aromatic carbocycles. The van der Waals surface area contributed by atoms with Crippen molar-refractivity contribution in [3.05, 3.63) is 72.2 Å². The predicted octanol–water partition coefficient (Wildman–Crippen LogP) is 1.57. The number of aromatic nitrogens is 3. The van der Waals surface area contributed by atoms with Gasteiger partial charge in [0.25, 0.3) is 5.91 Å². The Labute approximate surface area is 150 Å². The molecule has 1 amide bonds. The molecular formula is C17H17N5O3S. The van der Waals surface area contributed by atoms with E-state index in [9.17, 15) is 13.2 Å². The van der Waals surface area contributed by atoms with E-state index in [1.807, 2.05) is 6.07 Å². The van der Waals surface area contributed by atoms with Crippen LogP contribution in [-0.2, 0) is 16.6 Å². The van der Waals surface area contributed by atoms with E-state index in [0.717, 1.165) is 11.8 Å². The fourth-order valence-corrected chi connectivity index (χ4v) is 2.91. The van der Waals surface area contributed by atoms with Crippen molar-refractivity contribution >= 4 is 21.6 Å². The highest BCUT2D eigenvalue weighted by Crippen LogP contribution is 2.12. The highest BCUT2D eigenvalue weighted by Gasteiger charge is 2.10. The van der Waals surface area contributed by atoms with Gasteiger partial charge in [0, 0.05) is 41.9 Å². The Bertz CT molecular complexity index is 999. The summed E-state index contributed by atoms with van der Waals surface area (Å²) >= 11 is 0. The minimum atomic E-state index is -3.35. The van der Waals surface area contributed by atoms with Crippen LogP contribution in [0.5, 0.6) is 0 Å². The number of carbonyl (C=O) groups excluding carboxylic acids is 1. The van der Waals surface area contributed by atoms with Crippen LogP contribution in [0.1, 0.15) is 15.9 Å². The van der Waals surface area contributed by atoms with E-state index in [1.54, 1.807) is 47.5 Å². The lowest BCUT2D eigenvalue weighted by atomic mass is 10.2. The van der Waals surface area contributed by atoms with Gasteiger partial charge in [-0.15, -0.1) is 0 Å². The van der Waals surface area contributed by atoms with Crippen LogP contribution in [-0.4, -0.2) is 35.3 Å². The number of anilines is 1. The van der Waals surface area contributed by atoms with E-state index >= 15 is 0 Å². The van der Waals surface area contributed by atoms with Gasteiger partial charge < -0.3 is 5.32 Å². The molecule has 26 heavy (non-hydrogen) atoms. The smallest absolute Gasteiger partial charge is 0.251 e. The van der Waals surface area contributed by atoms with Gasteiger partial charge in [-0.3, -0.25) is 9.52 Å². The van der Waals surface area contributed by atoms with Crippen molar-refractivity contribution in [2.45, 2.75) is 6.54 Å². The van der Waals surface area contributed by atoms with Gasteiger partial charge in [-0.05, 0) is 36.4 Å². The molecule has 2 heterocycles. The van der Waals surface area contributed by atoms with Crippen LogP contribution in [0.15, 0.2) is 61.1 Å². The second kappa shape index (κ2) is 7.36. The Balaban J connectivity index is 1.68. The van der Waals surface area contributed by atoms with Gasteiger partial charge in [0.15, 0.2) is 5.82 Å². The molecule has 8 nitrogen and oxygen atoms in total. The van der Waals surface area contributed by atoms with Crippen LogP contribution >= 0.6 is 0 Å². The minimum Gasteiger partial charge on any atom is -0.348 e. The zero-order valence-electron chi connectivity index (χ0n) is 14.0. The SMILES string of the molecule is CS(=O)(=O)Nc1ccc(C(=O)NCc2cccnc2-n2cccn2)cc1. The van der Waals surface area contributed by atoms with E-state index in [4.69, 9.17) is 0 Å². The third-order valence-electron chi connectivity index (χ3n) is 3.48. The van der Waals surface area contributed by atoms with Crippen molar-refractivity contribution in [1.82, 2.24) is 20.1 Å². The summed E-state index contributed by atoms with van der Waals surface area (Å²) < 4.78 is 26.4. The maximum atomic E-state index is 12.3. The van der Waals surface area contributed by atoms with Gasteiger partial charge >= 0.3 is 0 Å². The van der Waals surface area contributed by atoms with Crippen LogP contribution in [0.2, 0.25) is 0 Å². The first-order chi connectivity index (χ1) is 12.4. The maximum Gasteiger partial charge on any atom is 0.251 e. The number of hydrogen-bond donors (Lipinski definition) is 2. The summed E-state index contributed by atoms with van der Waals surface area (Å²) in [4.78, 5) is 16.6. The molecule has 2 N–H and O–H groups in total. The number of rotatable bonds is 6. The van der Waals surface area contributed by atoms with Gasteiger partial charge in [-0.2, -0.15) is 5.10 Å². The van der Waals surface area contributed by atoms with Crippen molar-refractivity contribution in [3.8, 4) is 5.82 Å². The summed E-state index contributed by atoms with van der Waals surface area (Å²) in [5.41, 5.74) is 1.64. The van der Waals surface area contributed by atoms with E-state index in [2.05, 4.69) is 20.1 Å². The van der Waals surface area contributed by atoms with Crippen LogP contribution in [0.3, 0.4) is 0 Å². The minimum absolute atomic E-state index is 0.272. The third kappa shape index (κ3) is 4.45. The van der Waals surface area contributed by atoms with E-state index in [1.165, 1.54) is 12.1 Å². The number of pyridine rings is 1. The second-order valence-electron chi connectivity index (χ2n) is 5.57. The number of nitrogens with zero attached hydrogens (tertiary/aromatic N) is 3. The monoisotopic (exact) mass is 371 g/mol. The molecule has 0 unspecified atom stereocenters. The molecule has 3 rings (SSSR count). The molecule has 0 radical (unpaired) electrons. The van der Waals surface area contributed by atoms with Crippen molar-refractivity contribution in [2.75, 3.05) is 11.0 Å². The lowest BCUT2D eigenvalue weighted by molar-refractivity contribution is 0.0951. The van der Waals surface area contributed by atoms with Crippen molar-refractivity contribution < 1.29 is 13.2 Å². The summed E-state index contributed by atoms with van der Waals surface area (Å²) in [6.07, 6.45) is 6.17. The van der Waals surface area contributed by atoms with Crippen molar-refractivity contribution in [2.24, 2.45) is 0 Å². The molecule has 0 bridgehead atoms. The topological polar surface area (TPSA) is 106 Å². The molecule has 0 aliphatic rings. The average Bonchev–Trinajstić information content (AvgIpc) is 3.13. The first-order valence-electron chi connectivity index (χ1n) is 7.72. The first kappa shape index (κ1) is 17.6. The summed E-state index contributed by atoms with van der Waals surface area (Å²) in [5, 5.41) is 6.98. The standard InChI is InChI=1S/C17H17N5O3S/c1-26(24,25)21-15-7-5-13(6-8-15)17(23)19-12-14-4-2-9-18-16(14)22-11-3-10-20-22/h2-11,21H,12H2,1H3,(H,19,23). The van der Waals surface area contributed by atoms with Crippen LogP contribution in [0, 0.1) is 0 Å². The number of carbonyl (C=O) groups is 1. The molecule has 0 fully saturated rings. The molecule has 0 saturated heterocycles. The molecular weight excluding hydrogens is 354 g/mol. The normalized spacial score (nSPS) is 11.1. The number of benzene rings is 1. The molecule has 2 aromatic heterocycles. The van der Waals surface area contributed by atoms with Crippen LogP contribution in [0.25, 0.3) is 5.82 Å². The molecule has 0 aliphatic heterocycles. The highest BCUT2D eigenvalue weighted by atomic mass is 32.2. The van der Waals surface area contributed by atoms with Gasteiger partial charge in [-0.1, -0.05) is 6.07 Å². The highest BCUT2D eigenvalue weighted by molar-refractivity contribution is 7.92. The fourth-order valence-electron chi connectivity index (χ4n) is 2.35.